The van der Waals surface area contributed by atoms with Crippen molar-refractivity contribution in [3.8, 4) is 22.6 Å². The van der Waals surface area contributed by atoms with E-state index in [9.17, 15) is 18.0 Å². The van der Waals surface area contributed by atoms with Gasteiger partial charge in [-0.2, -0.15) is 0 Å². The molecule has 4 rings (SSSR count). The number of nitrogens with one attached hydrogen (secondary N) is 1. The van der Waals surface area contributed by atoms with Crippen LogP contribution in [0.25, 0.3) is 11.1 Å². The van der Waals surface area contributed by atoms with Crippen LogP contribution in [-0.4, -0.2) is 17.7 Å². The number of hydrogen-bond acceptors (Lipinski definition) is 4. The maximum Gasteiger partial charge on any atom is 0.262 e. The van der Waals surface area contributed by atoms with Gasteiger partial charge in [0.25, 0.3) is 5.91 Å². The van der Waals surface area contributed by atoms with Gasteiger partial charge in [0, 0.05) is 33.9 Å². The van der Waals surface area contributed by atoms with E-state index < -0.39 is 28.9 Å². The standard InChI is InChI=1S/C19H10BrF3N2O3.C2H6/c20-12-6-16-15(27-8-28-16)5-11(12)9-1-2-17(24-7-9)25-19(26)18-13(22)3-10(21)4-14(18)23;1-2/h1-7H,8H2,(H,24,25,26);1-2H3. The van der Waals surface area contributed by atoms with Gasteiger partial charge in [0.1, 0.15) is 28.8 Å². The third-order valence-corrected chi connectivity index (χ3v) is 4.67. The summed E-state index contributed by atoms with van der Waals surface area (Å²) >= 11 is 3.45. The molecule has 1 N–H and O–H groups in total. The molecular formula is C21H16BrF3N2O3. The van der Waals surface area contributed by atoms with E-state index in [1.54, 1.807) is 18.2 Å². The lowest BCUT2D eigenvalue weighted by atomic mass is 10.1. The number of fused-ring (bicyclic) bond motifs is 1. The first-order valence-electron chi connectivity index (χ1n) is 8.94. The van der Waals surface area contributed by atoms with Crippen LogP contribution in [0.2, 0.25) is 0 Å². The minimum atomic E-state index is -1.30. The molecule has 30 heavy (non-hydrogen) atoms. The second-order valence-electron chi connectivity index (χ2n) is 5.82. The van der Waals surface area contributed by atoms with Crippen molar-refractivity contribution in [2.24, 2.45) is 0 Å². The third kappa shape index (κ3) is 4.40. The number of rotatable bonds is 3. The molecule has 9 heteroatoms. The lowest BCUT2D eigenvalue weighted by Gasteiger charge is -2.09. The molecule has 5 nitrogen and oxygen atoms in total. The van der Waals surface area contributed by atoms with E-state index in [1.165, 1.54) is 12.3 Å². The monoisotopic (exact) mass is 480 g/mol. The first kappa shape index (κ1) is 21.6. The minimum absolute atomic E-state index is 0.0775. The number of carbonyl (C=O) groups excluding carboxylic acids is 1. The number of ether oxygens (including phenoxy) is 2. The van der Waals surface area contributed by atoms with Gasteiger partial charge in [-0.25, -0.2) is 18.2 Å². The highest BCUT2D eigenvalue weighted by Crippen LogP contribution is 2.41. The molecule has 0 spiro atoms. The molecule has 2 heterocycles. The average Bonchev–Trinajstić information content (AvgIpc) is 3.16. The summed E-state index contributed by atoms with van der Waals surface area (Å²) in [6.45, 7) is 4.14. The molecular weight excluding hydrogens is 465 g/mol. The van der Waals surface area contributed by atoms with Crippen molar-refractivity contribution in [3.05, 3.63) is 70.1 Å². The molecule has 0 aliphatic carbocycles. The van der Waals surface area contributed by atoms with Gasteiger partial charge in [0.2, 0.25) is 6.79 Å². The highest BCUT2D eigenvalue weighted by atomic mass is 79.9. The summed E-state index contributed by atoms with van der Waals surface area (Å²) in [5.41, 5.74) is 0.610. The number of halogens is 4. The second kappa shape index (κ2) is 9.17. The fourth-order valence-electron chi connectivity index (χ4n) is 2.70. The van der Waals surface area contributed by atoms with Gasteiger partial charge in [-0.05, 0) is 24.3 Å². The fraction of sp³-hybridized carbons (Fsp3) is 0.143. The van der Waals surface area contributed by atoms with E-state index in [-0.39, 0.29) is 12.6 Å². The molecule has 0 atom stereocenters. The van der Waals surface area contributed by atoms with Gasteiger partial charge in [-0.3, -0.25) is 4.79 Å². The van der Waals surface area contributed by atoms with Crippen LogP contribution in [0.3, 0.4) is 0 Å². The molecule has 1 aromatic heterocycles. The van der Waals surface area contributed by atoms with Gasteiger partial charge in [-0.1, -0.05) is 29.8 Å². The van der Waals surface area contributed by atoms with E-state index in [1.807, 2.05) is 13.8 Å². The Bertz CT molecular complexity index is 1070. The summed E-state index contributed by atoms with van der Waals surface area (Å²) in [6.07, 6.45) is 1.48. The highest BCUT2D eigenvalue weighted by molar-refractivity contribution is 9.10. The van der Waals surface area contributed by atoms with Crippen LogP contribution in [0.15, 0.2) is 47.1 Å². The second-order valence-corrected chi connectivity index (χ2v) is 6.67. The molecule has 0 saturated carbocycles. The number of benzene rings is 2. The van der Waals surface area contributed by atoms with Crippen LogP contribution >= 0.6 is 15.9 Å². The number of hydrogen-bond donors (Lipinski definition) is 1. The van der Waals surface area contributed by atoms with Crippen molar-refractivity contribution in [1.82, 2.24) is 4.98 Å². The fourth-order valence-corrected chi connectivity index (χ4v) is 3.25. The van der Waals surface area contributed by atoms with Crippen LogP contribution in [-0.2, 0) is 0 Å². The number of carbonyl (C=O) groups is 1. The van der Waals surface area contributed by atoms with E-state index in [2.05, 4.69) is 26.2 Å². The summed E-state index contributed by atoms with van der Waals surface area (Å²) in [5.74, 6) is -3.47. The van der Waals surface area contributed by atoms with Crippen molar-refractivity contribution in [1.29, 1.82) is 0 Å². The minimum Gasteiger partial charge on any atom is -0.454 e. The molecule has 3 aromatic rings. The van der Waals surface area contributed by atoms with Gasteiger partial charge in [0.05, 0.1) is 0 Å². The molecule has 0 radical (unpaired) electrons. The molecule has 0 fully saturated rings. The maximum absolute atomic E-state index is 13.7. The molecule has 156 valence electrons. The molecule has 1 aliphatic rings. The summed E-state index contributed by atoms with van der Waals surface area (Å²) in [7, 11) is 0. The molecule has 0 unspecified atom stereocenters. The van der Waals surface area contributed by atoms with Crippen LogP contribution in [0.5, 0.6) is 11.5 Å². The zero-order valence-electron chi connectivity index (χ0n) is 15.9. The number of pyridine rings is 1. The Hall–Kier alpha value is -3.07. The largest absolute Gasteiger partial charge is 0.454 e. The molecule has 2 aromatic carbocycles. The molecule has 1 amide bonds. The zero-order chi connectivity index (χ0) is 21.8. The Morgan fingerprint density at radius 1 is 1.03 bits per heavy atom. The number of amides is 1. The van der Waals surface area contributed by atoms with Crippen molar-refractivity contribution in [3.63, 3.8) is 0 Å². The third-order valence-electron chi connectivity index (χ3n) is 4.01. The molecule has 0 bridgehead atoms. The van der Waals surface area contributed by atoms with Crippen LogP contribution in [0.4, 0.5) is 19.0 Å². The topological polar surface area (TPSA) is 60.5 Å². The van der Waals surface area contributed by atoms with E-state index in [0.29, 0.717) is 29.2 Å². The summed E-state index contributed by atoms with van der Waals surface area (Å²) in [4.78, 5) is 16.2. The maximum atomic E-state index is 13.7. The summed E-state index contributed by atoms with van der Waals surface area (Å²) in [5, 5.41) is 2.29. The Morgan fingerprint density at radius 2 is 1.67 bits per heavy atom. The SMILES string of the molecule is CC.O=C(Nc1ccc(-c2cc3c(cc2Br)OCO3)cn1)c1c(F)cc(F)cc1F. The van der Waals surface area contributed by atoms with E-state index in [0.717, 1.165) is 10.0 Å². The average molecular weight is 481 g/mol. The number of nitrogens with zero attached hydrogens (tertiary/aromatic N) is 1. The zero-order valence-corrected chi connectivity index (χ0v) is 17.5. The lowest BCUT2D eigenvalue weighted by Crippen LogP contribution is -2.17. The van der Waals surface area contributed by atoms with Crippen LogP contribution in [0, 0.1) is 17.5 Å². The highest BCUT2D eigenvalue weighted by Gasteiger charge is 2.20. The smallest absolute Gasteiger partial charge is 0.262 e. The number of aromatic nitrogens is 1. The first-order chi connectivity index (χ1) is 14.4. The van der Waals surface area contributed by atoms with Crippen molar-refractivity contribution >= 4 is 27.7 Å². The lowest BCUT2D eigenvalue weighted by molar-refractivity contribution is 0.101. The van der Waals surface area contributed by atoms with Crippen molar-refractivity contribution < 1.29 is 27.4 Å². The number of anilines is 1. The van der Waals surface area contributed by atoms with Crippen LogP contribution < -0.4 is 14.8 Å². The van der Waals surface area contributed by atoms with Gasteiger partial charge in [-0.15, -0.1) is 0 Å². The van der Waals surface area contributed by atoms with Crippen molar-refractivity contribution in [2.45, 2.75) is 13.8 Å². The van der Waals surface area contributed by atoms with E-state index >= 15 is 0 Å². The van der Waals surface area contributed by atoms with Gasteiger partial charge < -0.3 is 14.8 Å². The first-order valence-corrected chi connectivity index (χ1v) is 9.73. The molecule has 0 saturated heterocycles. The molecule has 1 aliphatic heterocycles. The predicted octanol–water partition coefficient (Wildman–Crippen LogP) is 5.94. The summed E-state index contributed by atoms with van der Waals surface area (Å²) in [6, 6.07) is 7.57. The summed E-state index contributed by atoms with van der Waals surface area (Å²) < 4.78 is 51.8. The van der Waals surface area contributed by atoms with Gasteiger partial charge in [0.15, 0.2) is 11.5 Å². The Kier molecular flexibility index (Phi) is 6.61. The quantitative estimate of drug-likeness (QED) is 0.504. The van der Waals surface area contributed by atoms with Crippen molar-refractivity contribution in [2.75, 3.05) is 12.1 Å². The van der Waals surface area contributed by atoms with Gasteiger partial charge >= 0.3 is 0 Å². The van der Waals surface area contributed by atoms with Crippen LogP contribution in [0.1, 0.15) is 24.2 Å². The predicted molar refractivity (Wildman–Crippen MR) is 109 cm³/mol. The Morgan fingerprint density at radius 3 is 2.27 bits per heavy atom. The normalized spacial score (nSPS) is 11.5. The Labute approximate surface area is 179 Å². The van der Waals surface area contributed by atoms with E-state index in [4.69, 9.17) is 9.47 Å². The Balaban J connectivity index is 0.00000124.